The minimum absolute atomic E-state index is 0.0129. The summed E-state index contributed by atoms with van der Waals surface area (Å²) in [7, 11) is -3.79. The van der Waals surface area contributed by atoms with Gasteiger partial charge in [-0.3, -0.25) is 4.79 Å². The minimum Gasteiger partial charge on any atom is -0.398 e. The molecule has 4 N–H and O–H groups in total. The van der Waals surface area contributed by atoms with Crippen LogP contribution >= 0.6 is 0 Å². The van der Waals surface area contributed by atoms with Crippen LogP contribution in [0.4, 0.5) is 5.69 Å². The van der Waals surface area contributed by atoms with Crippen molar-refractivity contribution in [2.75, 3.05) is 5.73 Å². The van der Waals surface area contributed by atoms with E-state index in [1.165, 1.54) is 19.1 Å². The van der Waals surface area contributed by atoms with Gasteiger partial charge in [-0.25, -0.2) is 8.42 Å². The molecule has 6 nitrogen and oxygen atoms in total. The Morgan fingerprint density at radius 2 is 2.00 bits per heavy atom. The predicted molar refractivity (Wildman–Crippen MR) is 71.8 cm³/mol. The zero-order valence-electron chi connectivity index (χ0n) is 10.6. The Hall–Kier alpha value is -1.60. The molecular formula is C12H17N3O3S. The van der Waals surface area contributed by atoms with Crippen LogP contribution in [0.2, 0.25) is 0 Å². The maximum absolute atomic E-state index is 12.1. The molecule has 7 heteroatoms. The van der Waals surface area contributed by atoms with Gasteiger partial charge in [0.2, 0.25) is 15.9 Å². The SMILES string of the molecule is CC(NS(=O)(=O)c1ccccc1N)C(=O)NC1CC1. The smallest absolute Gasteiger partial charge is 0.243 e. The number of hydrogen-bond donors (Lipinski definition) is 3. The van der Waals surface area contributed by atoms with E-state index in [1.807, 2.05) is 0 Å². The molecule has 104 valence electrons. The van der Waals surface area contributed by atoms with Crippen molar-refractivity contribution >= 4 is 21.6 Å². The van der Waals surface area contributed by atoms with Gasteiger partial charge in [-0.15, -0.1) is 0 Å². The number of anilines is 1. The lowest BCUT2D eigenvalue weighted by Crippen LogP contribution is -2.45. The van der Waals surface area contributed by atoms with Crippen LogP contribution in [0.3, 0.4) is 0 Å². The number of carbonyl (C=O) groups is 1. The Morgan fingerprint density at radius 3 is 2.58 bits per heavy atom. The Morgan fingerprint density at radius 1 is 1.37 bits per heavy atom. The van der Waals surface area contributed by atoms with E-state index in [1.54, 1.807) is 12.1 Å². The third kappa shape index (κ3) is 3.45. The summed E-state index contributed by atoms with van der Waals surface area (Å²) in [6.45, 7) is 1.51. The van der Waals surface area contributed by atoms with Gasteiger partial charge in [-0.2, -0.15) is 4.72 Å². The maximum atomic E-state index is 12.1. The minimum atomic E-state index is -3.79. The summed E-state index contributed by atoms with van der Waals surface area (Å²) in [4.78, 5) is 11.7. The molecule has 0 saturated heterocycles. The Kier molecular flexibility index (Phi) is 3.77. The van der Waals surface area contributed by atoms with E-state index in [0.29, 0.717) is 0 Å². The van der Waals surface area contributed by atoms with Crippen molar-refractivity contribution in [2.45, 2.75) is 36.7 Å². The molecule has 0 heterocycles. The van der Waals surface area contributed by atoms with Crippen LogP contribution in [0.15, 0.2) is 29.2 Å². The van der Waals surface area contributed by atoms with Crippen molar-refractivity contribution in [3.05, 3.63) is 24.3 Å². The number of sulfonamides is 1. The summed E-state index contributed by atoms with van der Waals surface area (Å²) in [6, 6.07) is 5.51. The zero-order valence-corrected chi connectivity index (χ0v) is 11.4. The predicted octanol–water partition coefficient (Wildman–Crippen LogP) is 0.214. The van der Waals surface area contributed by atoms with Crippen molar-refractivity contribution in [3.8, 4) is 0 Å². The molecule has 1 fully saturated rings. The van der Waals surface area contributed by atoms with E-state index in [0.717, 1.165) is 12.8 Å². The van der Waals surface area contributed by atoms with Crippen molar-refractivity contribution < 1.29 is 13.2 Å². The number of carbonyl (C=O) groups excluding carboxylic acids is 1. The lowest BCUT2D eigenvalue weighted by molar-refractivity contribution is -0.122. The summed E-state index contributed by atoms with van der Waals surface area (Å²) in [5.74, 6) is -0.319. The molecule has 1 amide bonds. The standard InChI is InChI=1S/C12H17N3O3S/c1-8(12(16)14-9-6-7-9)15-19(17,18)11-5-3-2-4-10(11)13/h2-5,8-9,15H,6-7,13H2,1H3,(H,14,16). The molecule has 1 aliphatic carbocycles. The van der Waals surface area contributed by atoms with Gasteiger partial charge < -0.3 is 11.1 Å². The van der Waals surface area contributed by atoms with E-state index < -0.39 is 16.1 Å². The van der Waals surface area contributed by atoms with Crippen molar-refractivity contribution in [3.63, 3.8) is 0 Å². The molecule has 0 aromatic heterocycles. The summed E-state index contributed by atoms with van der Waals surface area (Å²) in [5, 5.41) is 2.75. The van der Waals surface area contributed by atoms with Gasteiger partial charge in [0.05, 0.1) is 11.7 Å². The molecule has 1 aromatic rings. The second-order valence-corrected chi connectivity index (χ2v) is 6.35. The highest BCUT2D eigenvalue weighted by molar-refractivity contribution is 7.89. The van der Waals surface area contributed by atoms with E-state index in [2.05, 4.69) is 10.0 Å². The third-order valence-corrected chi connectivity index (χ3v) is 4.47. The number of amides is 1. The van der Waals surface area contributed by atoms with Gasteiger partial charge in [-0.1, -0.05) is 12.1 Å². The lowest BCUT2D eigenvalue weighted by atomic mass is 10.3. The highest BCUT2D eigenvalue weighted by Gasteiger charge is 2.28. The van der Waals surface area contributed by atoms with Crippen LogP contribution in [0.1, 0.15) is 19.8 Å². The normalized spacial score (nSPS) is 16.9. The van der Waals surface area contributed by atoms with Gasteiger partial charge in [0.25, 0.3) is 0 Å². The molecule has 0 spiro atoms. The van der Waals surface area contributed by atoms with Gasteiger partial charge in [0.15, 0.2) is 0 Å². The van der Waals surface area contributed by atoms with Gasteiger partial charge >= 0.3 is 0 Å². The molecule has 1 unspecified atom stereocenters. The number of nitrogens with two attached hydrogens (primary N) is 1. The first-order valence-corrected chi connectivity index (χ1v) is 7.55. The Balaban J connectivity index is 2.08. The molecule has 19 heavy (non-hydrogen) atoms. The molecule has 1 atom stereocenters. The summed E-state index contributed by atoms with van der Waals surface area (Å²) in [5.41, 5.74) is 5.79. The average molecular weight is 283 g/mol. The van der Waals surface area contributed by atoms with Crippen LogP contribution in [0.25, 0.3) is 0 Å². The first-order chi connectivity index (χ1) is 8.90. The van der Waals surface area contributed by atoms with Crippen LogP contribution in [-0.4, -0.2) is 26.4 Å². The number of para-hydroxylation sites is 1. The third-order valence-electron chi connectivity index (χ3n) is 2.86. The molecule has 0 radical (unpaired) electrons. The van der Waals surface area contributed by atoms with E-state index in [9.17, 15) is 13.2 Å². The number of rotatable bonds is 5. The molecule has 1 aliphatic rings. The van der Waals surface area contributed by atoms with Crippen LogP contribution in [-0.2, 0) is 14.8 Å². The number of benzene rings is 1. The second kappa shape index (κ2) is 5.18. The van der Waals surface area contributed by atoms with E-state index >= 15 is 0 Å². The van der Waals surface area contributed by atoms with Crippen molar-refractivity contribution in [2.24, 2.45) is 0 Å². The van der Waals surface area contributed by atoms with E-state index in [4.69, 9.17) is 5.73 Å². The number of nitrogen functional groups attached to an aromatic ring is 1. The molecule has 2 rings (SSSR count). The van der Waals surface area contributed by atoms with Crippen molar-refractivity contribution in [1.82, 2.24) is 10.0 Å². The highest BCUT2D eigenvalue weighted by Crippen LogP contribution is 2.19. The molecule has 1 aromatic carbocycles. The van der Waals surface area contributed by atoms with Crippen LogP contribution < -0.4 is 15.8 Å². The number of hydrogen-bond acceptors (Lipinski definition) is 4. The van der Waals surface area contributed by atoms with Crippen LogP contribution in [0, 0.1) is 0 Å². The first-order valence-electron chi connectivity index (χ1n) is 6.07. The van der Waals surface area contributed by atoms with Crippen LogP contribution in [0.5, 0.6) is 0 Å². The monoisotopic (exact) mass is 283 g/mol. The summed E-state index contributed by atoms with van der Waals surface area (Å²) >= 11 is 0. The fraction of sp³-hybridized carbons (Fsp3) is 0.417. The fourth-order valence-corrected chi connectivity index (χ4v) is 2.96. The van der Waals surface area contributed by atoms with Gasteiger partial charge in [0, 0.05) is 6.04 Å². The summed E-state index contributed by atoms with van der Waals surface area (Å²) in [6.07, 6.45) is 1.91. The molecule has 0 bridgehead atoms. The zero-order chi connectivity index (χ0) is 14.0. The average Bonchev–Trinajstić information content (AvgIpc) is 3.12. The van der Waals surface area contributed by atoms with Crippen molar-refractivity contribution in [1.29, 1.82) is 0 Å². The molecular weight excluding hydrogens is 266 g/mol. The maximum Gasteiger partial charge on any atom is 0.243 e. The first kappa shape index (κ1) is 13.8. The Labute approximate surface area is 112 Å². The van der Waals surface area contributed by atoms with E-state index in [-0.39, 0.29) is 22.5 Å². The highest BCUT2D eigenvalue weighted by atomic mass is 32.2. The second-order valence-electron chi connectivity index (χ2n) is 4.66. The fourth-order valence-electron chi connectivity index (χ4n) is 1.63. The van der Waals surface area contributed by atoms with Gasteiger partial charge in [-0.05, 0) is 31.9 Å². The topological polar surface area (TPSA) is 101 Å². The molecule has 0 aliphatic heterocycles. The largest absolute Gasteiger partial charge is 0.398 e. The summed E-state index contributed by atoms with van der Waals surface area (Å²) < 4.78 is 26.5. The number of nitrogens with one attached hydrogen (secondary N) is 2. The lowest BCUT2D eigenvalue weighted by Gasteiger charge is -2.15. The quantitative estimate of drug-likeness (QED) is 0.672. The Bertz CT molecular complexity index is 582. The molecule has 1 saturated carbocycles. The van der Waals surface area contributed by atoms with Gasteiger partial charge in [0.1, 0.15) is 4.90 Å².